The zero-order chi connectivity index (χ0) is 50.2. The van der Waals surface area contributed by atoms with Crippen molar-refractivity contribution in [3.05, 3.63) is 36.5 Å². The van der Waals surface area contributed by atoms with Crippen LogP contribution in [0.25, 0.3) is 0 Å². The molecule has 11 atom stereocenters. The van der Waals surface area contributed by atoms with Crippen molar-refractivity contribution in [2.45, 2.75) is 274 Å². The second-order valence-electron chi connectivity index (χ2n) is 19.4. The molecule has 2 fully saturated rings. The summed E-state index contributed by atoms with van der Waals surface area (Å²) in [6, 6.07) is 0. The van der Waals surface area contributed by atoms with Crippen molar-refractivity contribution in [2.75, 3.05) is 33.0 Å². The maximum absolute atomic E-state index is 13.0. The van der Waals surface area contributed by atoms with Crippen molar-refractivity contribution in [3.63, 3.8) is 0 Å². The molecule has 2 aliphatic heterocycles. The summed E-state index contributed by atoms with van der Waals surface area (Å²) in [5.74, 6) is -0.382. The van der Waals surface area contributed by atoms with Crippen molar-refractivity contribution in [1.29, 1.82) is 0 Å². The van der Waals surface area contributed by atoms with E-state index >= 15 is 0 Å². The Balaban J connectivity index is 1.72. The summed E-state index contributed by atoms with van der Waals surface area (Å²) in [6.45, 7) is 3.68. The number of allylic oxidation sites excluding steroid dienone is 6. The fourth-order valence-electron chi connectivity index (χ4n) is 8.65. The predicted molar refractivity (Wildman–Crippen MR) is 270 cm³/mol. The number of aliphatic hydroxyl groups excluding tert-OH is 7. The van der Waals surface area contributed by atoms with E-state index in [9.17, 15) is 40.5 Å². The topological polar surface area (TPSA) is 214 Å². The molecule has 2 rings (SSSR count). The third-order valence-corrected chi connectivity index (χ3v) is 13.2. The largest absolute Gasteiger partial charge is 0.457 e. The van der Waals surface area contributed by atoms with Gasteiger partial charge in [-0.3, -0.25) is 4.79 Å². The van der Waals surface area contributed by atoms with E-state index in [1.807, 2.05) is 0 Å². The van der Waals surface area contributed by atoms with Gasteiger partial charge in [-0.25, -0.2) is 0 Å². The standard InChI is InChI=1S/C55H100O14/c1-3-5-7-9-11-13-15-17-18-19-20-21-22-23-24-25-26-27-28-30-32-34-36-38-47(57)67-44(41-64-39-37-35-33-31-29-16-14-12-10-8-6-4-2)42-65-54-53(63)51(61)49(59)46(69-54)43-66-55-52(62)50(60)48(58)45(40-56)68-55/h15,17,19-20,22-23,44-46,48-56,58-63H,3-14,16,18,21,24-43H2,1-2H3/b17-15-,20-19-,23-22-. The molecule has 2 saturated heterocycles. The summed E-state index contributed by atoms with van der Waals surface area (Å²) in [5.41, 5.74) is 0. The van der Waals surface area contributed by atoms with Crippen LogP contribution in [0.1, 0.15) is 206 Å². The van der Waals surface area contributed by atoms with E-state index in [0.29, 0.717) is 13.0 Å². The minimum absolute atomic E-state index is 0.0610. The monoisotopic (exact) mass is 985 g/mol. The molecule has 0 amide bonds. The highest BCUT2D eigenvalue weighted by Gasteiger charge is 2.47. The molecular formula is C55H100O14. The van der Waals surface area contributed by atoms with Gasteiger partial charge in [-0.1, -0.05) is 185 Å². The van der Waals surface area contributed by atoms with Crippen LogP contribution in [-0.4, -0.2) is 142 Å². The van der Waals surface area contributed by atoms with Crippen LogP contribution in [0.3, 0.4) is 0 Å². The summed E-state index contributed by atoms with van der Waals surface area (Å²) in [7, 11) is 0. The fraction of sp³-hybridized carbons (Fsp3) is 0.873. The first kappa shape index (κ1) is 63.3. The maximum Gasteiger partial charge on any atom is 0.306 e. The van der Waals surface area contributed by atoms with E-state index in [1.54, 1.807) is 0 Å². The number of hydrogen-bond donors (Lipinski definition) is 7. The molecule has 2 heterocycles. The van der Waals surface area contributed by atoms with E-state index in [-0.39, 0.29) is 25.6 Å². The van der Waals surface area contributed by atoms with Crippen LogP contribution in [0.2, 0.25) is 0 Å². The predicted octanol–water partition coefficient (Wildman–Crippen LogP) is 8.97. The van der Waals surface area contributed by atoms with Crippen LogP contribution in [0, 0.1) is 0 Å². The van der Waals surface area contributed by atoms with Crippen LogP contribution in [0.15, 0.2) is 36.5 Å². The molecular weight excluding hydrogens is 885 g/mol. The summed E-state index contributed by atoms with van der Waals surface area (Å²) in [6.07, 6.45) is 32.0. The van der Waals surface area contributed by atoms with Crippen molar-refractivity contribution >= 4 is 5.97 Å². The van der Waals surface area contributed by atoms with Crippen LogP contribution >= 0.6 is 0 Å². The van der Waals surface area contributed by atoms with Gasteiger partial charge >= 0.3 is 5.97 Å². The number of aliphatic hydroxyl groups is 7. The summed E-state index contributed by atoms with van der Waals surface area (Å²) in [4.78, 5) is 13.0. The average molecular weight is 985 g/mol. The molecule has 0 aromatic heterocycles. The molecule has 0 aliphatic carbocycles. The Bertz CT molecular complexity index is 1280. The van der Waals surface area contributed by atoms with Crippen molar-refractivity contribution in [1.82, 2.24) is 0 Å². The first-order valence-corrected chi connectivity index (χ1v) is 27.6. The Morgan fingerprint density at radius 3 is 1.41 bits per heavy atom. The van der Waals surface area contributed by atoms with E-state index in [1.165, 1.54) is 122 Å². The van der Waals surface area contributed by atoms with Gasteiger partial charge in [0.15, 0.2) is 12.6 Å². The Labute approximate surface area is 417 Å². The number of hydrogen-bond acceptors (Lipinski definition) is 14. The minimum atomic E-state index is -1.71. The van der Waals surface area contributed by atoms with E-state index in [4.69, 9.17) is 28.4 Å². The maximum atomic E-state index is 13.0. The molecule has 0 aromatic rings. The lowest BCUT2D eigenvalue weighted by Crippen LogP contribution is -2.61. The molecule has 0 aromatic carbocycles. The quantitative estimate of drug-likeness (QED) is 0.0173. The van der Waals surface area contributed by atoms with Crippen LogP contribution in [0.5, 0.6) is 0 Å². The second kappa shape index (κ2) is 42.7. The number of esters is 1. The van der Waals surface area contributed by atoms with Crippen LogP contribution in [0.4, 0.5) is 0 Å². The highest BCUT2D eigenvalue weighted by Crippen LogP contribution is 2.26. The number of rotatable bonds is 44. The van der Waals surface area contributed by atoms with Gasteiger partial charge in [0.2, 0.25) is 0 Å². The molecule has 0 radical (unpaired) electrons. The summed E-state index contributed by atoms with van der Waals surface area (Å²) >= 11 is 0. The zero-order valence-corrected chi connectivity index (χ0v) is 43.1. The van der Waals surface area contributed by atoms with E-state index in [2.05, 4.69) is 50.3 Å². The van der Waals surface area contributed by atoms with Crippen molar-refractivity contribution in [2.24, 2.45) is 0 Å². The highest BCUT2D eigenvalue weighted by molar-refractivity contribution is 5.69. The van der Waals surface area contributed by atoms with Gasteiger partial charge in [-0.2, -0.15) is 0 Å². The summed E-state index contributed by atoms with van der Waals surface area (Å²) < 4.78 is 34.3. The lowest BCUT2D eigenvalue weighted by molar-refractivity contribution is -0.332. The Morgan fingerprint density at radius 2 is 0.899 bits per heavy atom. The van der Waals surface area contributed by atoms with Crippen LogP contribution in [-0.2, 0) is 33.2 Å². The van der Waals surface area contributed by atoms with Crippen LogP contribution < -0.4 is 0 Å². The molecule has 0 spiro atoms. The molecule has 7 N–H and O–H groups in total. The zero-order valence-electron chi connectivity index (χ0n) is 43.1. The van der Waals surface area contributed by atoms with E-state index in [0.717, 1.165) is 57.8 Å². The van der Waals surface area contributed by atoms with Gasteiger partial charge in [0.1, 0.15) is 54.9 Å². The molecule has 0 saturated carbocycles. The lowest BCUT2D eigenvalue weighted by Gasteiger charge is -2.42. The molecule has 0 bridgehead atoms. The highest BCUT2D eigenvalue weighted by atomic mass is 16.7. The van der Waals surface area contributed by atoms with Crippen molar-refractivity contribution in [3.8, 4) is 0 Å². The smallest absolute Gasteiger partial charge is 0.306 e. The van der Waals surface area contributed by atoms with Crippen molar-refractivity contribution < 1.29 is 69.0 Å². The first-order valence-electron chi connectivity index (χ1n) is 27.6. The third-order valence-electron chi connectivity index (χ3n) is 13.2. The normalized spacial score (nSPS) is 25.9. The number of unbranched alkanes of at least 4 members (excludes halogenated alkanes) is 24. The summed E-state index contributed by atoms with van der Waals surface area (Å²) in [5, 5.41) is 72.2. The Kier molecular flexibility index (Phi) is 39.2. The Morgan fingerprint density at radius 1 is 0.478 bits per heavy atom. The van der Waals surface area contributed by atoms with Gasteiger partial charge in [0.25, 0.3) is 0 Å². The van der Waals surface area contributed by atoms with Gasteiger partial charge < -0.3 is 64.2 Å². The average Bonchev–Trinajstić information content (AvgIpc) is 3.35. The number of ether oxygens (including phenoxy) is 6. The lowest BCUT2D eigenvalue weighted by atomic mass is 9.98. The Hall–Kier alpha value is -1.79. The fourth-order valence-corrected chi connectivity index (χ4v) is 8.65. The minimum Gasteiger partial charge on any atom is -0.457 e. The molecule has 69 heavy (non-hydrogen) atoms. The van der Waals surface area contributed by atoms with Gasteiger partial charge in [0, 0.05) is 13.0 Å². The molecule has 11 unspecified atom stereocenters. The van der Waals surface area contributed by atoms with E-state index < -0.39 is 80.7 Å². The molecule has 14 heteroatoms. The van der Waals surface area contributed by atoms with Gasteiger partial charge in [0.05, 0.1) is 26.4 Å². The molecule has 404 valence electrons. The molecule has 2 aliphatic rings. The van der Waals surface area contributed by atoms with Gasteiger partial charge in [-0.05, 0) is 51.4 Å². The third kappa shape index (κ3) is 30.1. The SMILES string of the molecule is CCCCCCC/C=C\C/C=C\C/C=C\CCCCCCCCCCC(=O)OC(COCCCCCCCCCCCCCC)COC1OC(COC2OC(CO)C(O)C(O)C2O)C(O)C(O)C1O. The number of carbonyl (C=O) groups excluding carboxylic acids is 1. The number of carbonyl (C=O) groups is 1. The first-order chi connectivity index (χ1) is 33.6. The second-order valence-corrected chi connectivity index (χ2v) is 19.4. The molecule has 14 nitrogen and oxygen atoms in total. The van der Waals surface area contributed by atoms with Gasteiger partial charge in [-0.15, -0.1) is 0 Å².